The fraction of sp³-hybridized carbons (Fsp3) is 0.294. The normalized spacial score (nSPS) is 12.5. The zero-order valence-electron chi connectivity index (χ0n) is 14.5. The molecule has 0 fully saturated rings. The van der Waals surface area contributed by atoms with Gasteiger partial charge >= 0.3 is 7.60 Å². The Morgan fingerprint density at radius 3 is 2.12 bits per heavy atom. The molecule has 2 aromatic carbocycles. The Labute approximate surface area is 152 Å². The predicted molar refractivity (Wildman–Crippen MR) is 99.0 cm³/mol. The van der Waals surface area contributed by atoms with Crippen LogP contribution in [0.25, 0.3) is 0 Å². The molecule has 0 radical (unpaired) electrons. The second-order valence-corrected chi connectivity index (χ2v) is 7.83. The van der Waals surface area contributed by atoms with Gasteiger partial charge < -0.3 is 23.8 Å². The smallest absolute Gasteiger partial charge is 0.356 e. The van der Waals surface area contributed by atoms with E-state index in [-0.39, 0.29) is 0 Å². The summed E-state index contributed by atoms with van der Waals surface area (Å²) < 4.78 is 34.3. The van der Waals surface area contributed by atoms with E-state index >= 15 is 0 Å². The number of halogens is 1. The van der Waals surface area contributed by atoms with Crippen LogP contribution in [0.15, 0.2) is 42.5 Å². The topological polar surface area (TPSA) is 66.0 Å². The third kappa shape index (κ3) is 4.47. The standard InChI is InChI=1S/C17H21ClNO5P/c1-21-14-9-10-16(22-2)15(11-14)17(25(20,23-3)24-4)19-13-7-5-12(18)6-8-13/h5-11,17,19H,1-4H3. The van der Waals surface area contributed by atoms with Gasteiger partial charge in [0.05, 0.1) is 14.2 Å². The number of hydrogen-bond donors (Lipinski definition) is 1. The number of hydrogen-bond acceptors (Lipinski definition) is 6. The molecule has 0 bridgehead atoms. The maximum Gasteiger partial charge on any atom is 0.356 e. The highest BCUT2D eigenvalue weighted by Gasteiger charge is 2.37. The predicted octanol–water partition coefficient (Wildman–Crippen LogP) is 4.95. The number of benzene rings is 2. The molecule has 0 aliphatic rings. The molecular weight excluding hydrogens is 365 g/mol. The third-order valence-corrected chi connectivity index (χ3v) is 6.01. The van der Waals surface area contributed by atoms with E-state index in [2.05, 4.69) is 5.32 Å². The van der Waals surface area contributed by atoms with E-state index in [1.165, 1.54) is 21.3 Å². The fourth-order valence-corrected chi connectivity index (χ4v) is 3.92. The van der Waals surface area contributed by atoms with Gasteiger partial charge in [-0.05, 0) is 42.5 Å². The molecule has 1 N–H and O–H groups in total. The van der Waals surface area contributed by atoms with E-state index in [0.29, 0.717) is 27.8 Å². The molecule has 2 aromatic rings. The molecule has 0 aromatic heterocycles. The molecule has 0 saturated heterocycles. The first-order valence-electron chi connectivity index (χ1n) is 7.42. The maximum atomic E-state index is 13.2. The van der Waals surface area contributed by atoms with Crippen LogP contribution in [0, 0.1) is 0 Å². The minimum absolute atomic E-state index is 0.529. The van der Waals surface area contributed by atoms with E-state index in [4.69, 9.17) is 30.1 Å². The van der Waals surface area contributed by atoms with Crippen LogP contribution in [-0.2, 0) is 13.6 Å². The van der Waals surface area contributed by atoms with Gasteiger partial charge in [-0.3, -0.25) is 4.57 Å². The monoisotopic (exact) mass is 385 g/mol. The molecule has 2 rings (SSSR count). The van der Waals surface area contributed by atoms with Gasteiger partial charge in [-0.25, -0.2) is 0 Å². The van der Waals surface area contributed by atoms with Crippen LogP contribution >= 0.6 is 19.2 Å². The largest absolute Gasteiger partial charge is 0.497 e. The lowest BCUT2D eigenvalue weighted by Gasteiger charge is -2.28. The van der Waals surface area contributed by atoms with E-state index in [0.717, 1.165) is 0 Å². The summed E-state index contributed by atoms with van der Waals surface area (Å²) in [6.45, 7) is 0. The summed E-state index contributed by atoms with van der Waals surface area (Å²) in [6.07, 6.45) is 0. The van der Waals surface area contributed by atoms with Gasteiger partial charge in [-0.1, -0.05) is 11.6 Å². The van der Waals surface area contributed by atoms with Crippen LogP contribution in [0.2, 0.25) is 5.02 Å². The molecule has 6 nitrogen and oxygen atoms in total. The van der Waals surface area contributed by atoms with Crippen molar-refractivity contribution in [3.8, 4) is 11.5 Å². The summed E-state index contributed by atoms with van der Waals surface area (Å²) in [5.41, 5.74) is 1.29. The Morgan fingerprint density at radius 1 is 0.960 bits per heavy atom. The van der Waals surface area contributed by atoms with Gasteiger partial charge in [0.2, 0.25) is 0 Å². The first kappa shape index (κ1) is 19.6. The molecule has 1 unspecified atom stereocenters. The molecule has 0 aliphatic carbocycles. The van der Waals surface area contributed by atoms with Gasteiger partial charge in [0.15, 0.2) is 5.78 Å². The van der Waals surface area contributed by atoms with Crippen LogP contribution in [0.1, 0.15) is 11.3 Å². The van der Waals surface area contributed by atoms with Crippen LogP contribution < -0.4 is 14.8 Å². The Bertz CT molecular complexity index is 745. The van der Waals surface area contributed by atoms with Crippen molar-refractivity contribution in [2.75, 3.05) is 33.8 Å². The molecule has 25 heavy (non-hydrogen) atoms. The lowest BCUT2D eigenvalue weighted by atomic mass is 10.1. The second kappa shape index (κ2) is 8.59. The third-order valence-electron chi connectivity index (χ3n) is 3.70. The lowest BCUT2D eigenvalue weighted by molar-refractivity contribution is 0.267. The van der Waals surface area contributed by atoms with Crippen molar-refractivity contribution in [3.05, 3.63) is 53.1 Å². The zero-order chi connectivity index (χ0) is 18.4. The van der Waals surface area contributed by atoms with E-state index in [1.54, 1.807) is 49.6 Å². The number of anilines is 1. The van der Waals surface area contributed by atoms with Gasteiger partial charge in [-0.15, -0.1) is 0 Å². The first-order valence-corrected chi connectivity index (χ1v) is 9.41. The number of ether oxygens (including phenoxy) is 2. The van der Waals surface area contributed by atoms with Crippen molar-refractivity contribution in [1.29, 1.82) is 0 Å². The van der Waals surface area contributed by atoms with Gasteiger partial charge in [0.1, 0.15) is 11.5 Å². The Morgan fingerprint density at radius 2 is 1.60 bits per heavy atom. The average molecular weight is 386 g/mol. The van der Waals surface area contributed by atoms with Crippen LogP contribution in [0.5, 0.6) is 11.5 Å². The highest BCUT2D eigenvalue weighted by atomic mass is 35.5. The maximum absolute atomic E-state index is 13.2. The number of nitrogens with one attached hydrogen (secondary N) is 1. The zero-order valence-corrected chi connectivity index (χ0v) is 16.1. The van der Waals surface area contributed by atoms with Crippen molar-refractivity contribution in [1.82, 2.24) is 0 Å². The highest BCUT2D eigenvalue weighted by molar-refractivity contribution is 7.54. The Hall–Kier alpha value is -1.72. The van der Waals surface area contributed by atoms with E-state index in [1.807, 2.05) is 0 Å². The number of rotatable bonds is 8. The van der Waals surface area contributed by atoms with Crippen LogP contribution in [0.3, 0.4) is 0 Å². The number of methoxy groups -OCH3 is 2. The van der Waals surface area contributed by atoms with E-state index < -0.39 is 13.4 Å². The highest BCUT2D eigenvalue weighted by Crippen LogP contribution is 2.61. The lowest BCUT2D eigenvalue weighted by Crippen LogP contribution is -2.15. The summed E-state index contributed by atoms with van der Waals surface area (Å²) in [6, 6.07) is 12.2. The Kier molecular flexibility index (Phi) is 6.73. The quantitative estimate of drug-likeness (QED) is 0.648. The summed E-state index contributed by atoms with van der Waals surface area (Å²) >= 11 is 5.93. The summed E-state index contributed by atoms with van der Waals surface area (Å²) in [7, 11) is 2.23. The van der Waals surface area contributed by atoms with Crippen molar-refractivity contribution in [3.63, 3.8) is 0 Å². The van der Waals surface area contributed by atoms with Gasteiger partial charge in [0.25, 0.3) is 0 Å². The molecular formula is C17H21ClNO5P. The van der Waals surface area contributed by atoms with Crippen molar-refractivity contribution in [2.45, 2.75) is 5.78 Å². The fourth-order valence-electron chi connectivity index (χ4n) is 2.37. The van der Waals surface area contributed by atoms with E-state index in [9.17, 15) is 4.57 Å². The molecule has 0 heterocycles. The molecule has 136 valence electrons. The average Bonchev–Trinajstić information content (AvgIpc) is 2.66. The molecule has 0 saturated carbocycles. The minimum atomic E-state index is -3.54. The summed E-state index contributed by atoms with van der Waals surface area (Å²) in [5, 5.41) is 3.78. The van der Waals surface area contributed by atoms with Crippen molar-refractivity contribution < 1.29 is 23.1 Å². The molecule has 0 amide bonds. The molecule has 8 heteroatoms. The molecule has 0 spiro atoms. The Balaban J connectivity index is 2.55. The molecule has 0 aliphatic heterocycles. The summed E-state index contributed by atoms with van der Waals surface area (Å²) in [4.78, 5) is 0. The van der Waals surface area contributed by atoms with Gasteiger partial charge in [0, 0.05) is 30.5 Å². The second-order valence-electron chi connectivity index (χ2n) is 5.07. The van der Waals surface area contributed by atoms with Crippen molar-refractivity contribution >= 4 is 24.9 Å². The van der Waals surface area contributed by atoms with Crippen LogP contribution in [-0.4, -0.2) is 28.4 Å². The molecule has 1 atom stereocenters. The SMILES string of the molecule is COc1ccc(OC)c(C(Nc2ccc(Cl)cc2)P(=O)(OC)OC)c1. The minimum Gasteiger partial charge on any atom is -0.497 e. The van der Waals surface area contributed by atoms with Crippen molar-refractivity contribution in [2.24, 2.45) is 0 Å². The summed E-state index contributed by atoms with van der Waals surface area (Å²) in [5.74, 6) is 0.313. The van der Waals surface area contributed by atoms with Gasteiger partial charge in [-0.2, -0.15) is 0 Å². The first-order chi connectivity index (χ1) is 12.0. The van der Waals surface area contributed by atoms with Crippen LogP contribution in [0.4, 0.5) is 5.69 Å².